The number of nitrogens with one attached hydrogen (secondary N) is 1. The van der Waals surface area contributed by atoms with E-state index in [4.69, 9.17) is 4.74 Å². The van der Waals surface area contributed by atoms with Crippen LogP contribution in [-0.4, -0.2) is 25.6 Å². The van der Waals surface area contributed by atoms with Crippen LogP contribution in [0.4, 0.5) is 13.2 Å². The highest BCUT2D eigenvalue weighted by molar-refractivity contribution is 5.85. The molecule has 136 valence electrons. The van der Waals surface area contributed by atoms with Crippen LogP contribution in [0.15, 0.2) is 42.5 Å². The van der Waals surface area contributed by atoms with Gasteiger partial charge in [-0.2, -0.15) is 0 Å². The number of hydrogen-bond acceptors (Lipinski definition) is 3. The largest absolute Gasteiger partial charge is 0.573 e. The molecule has 1 aliphatic rings. The van der Waals surface area contributed by atoms with E-state index in [0.29, 0.717) is 18.7 Å². The van der Waals surface area contributed by atoms with Gasteiger partial charge in [-0.25, -0.2) is 0 Å². The predicted octanol–water partition coefficient (Wildman–Crippen LogP) is 4.59. The molecule has 1 fully saturated rings. The van der Waals surface area contributed by atoms with Crippen molar-refractivity contribution in [3.05, 3.63) is 48.0 Å². The van der Waals surface area contributed by atoms with Crippen molar-refractivity contribution in [3.63, 3.8) is 0 Å². The molecule has 7 heteroatoms. The highest BCUT2D eigenvalue weighted by atomic mass is 35.5. The fourth-order valence-corrected chi connectivity index (χ4v) is 2.49. The van der Waals surface area contributed by atoms with Gasteiger partial charge < -0.3 is 14.8 Å². The summed E-state index contributed by atoms with van der Waals surface area (Å²) in [6.07, 6.45) is -4.04. The van der Waals surface area contributed by atoms with Gasteiger partial charge in [-0.1, -0.05) is 37.3 Å². The maximum atomic E-state index is 12.7. The second-order valence-corrected chi connectivity index (χ2v) is 5.66. The Balaban J connectivity index is 0.00000225. The molecular weight excluding hydrogens is 355 g/mol. The molecule has 3 nitrogen and oxygen atoms in total. The summed E-state index contributed by atoms with van der Waals surface area (Å²) >= 11 is 0. The van der Waals surface area contributed by atoms with Gasteiger partial charge >= 0.3 is 6.36 Å². The maximum Gasteiger partial charge on any atom is 0.573 e. The third-order valence-electron chi connectivity index (χ3n) is 3.88. The van der Waals surface area contributed by atoms with Crippen LogP contribution in [0.2, 0.25) is 0 Å². The number of hydrogen-bond donors (Lipinski definition) is 1. The molecule has 0 spiro atoms. The van der Waals surface area contributed by atoms with Crippen molar-refractivity contribution in [1.82, 2.24) is 5.32 Å². The highest BCUT2D eigenvalue weighted by Crippen LogP contribution is 2.37. The fraction of sp³-hybridized carbons (Fsp3) is 0.333. The second kappa shape index (κ2) is 7.97. The van der Waals surface area contributed by atoms with Gasteiger partial charge in [0.1, 0.15) is 6.10 Å². The van der Waals surface area contributed by atoms with Gasteiger partial charge in [-0.3, -0.25) is 0 Å². The lowest BCUT2D eigenvalue weighted by Gasteiger charge is -2.28. The topological polar surface area (TPSA) is 30.5 Å². The normalized spacial score (nSPS) is 14.4. The molecule has 2 aromatic rings. The van der Waals surface area contributed by atoms with Gasteiger partial charge in [0.15, 0.2) is 11.5 Å². The van der Waals surface area contributed by atoms with E-state index in [1.165, 1.54) is 12.1 Å². The molecule has 1 saturated heterocycles. The average molecular weight is 374 g/mol. The third-order valence-corrected chi connectivity index (χ3v) is 3.88. The Morgan fingerprint density at radius 3 is 2.36 bits per heavy atom. The molecule has 0 bridgehead atoms. The molecule has 0 unspecified atom stereocenters. The van der Waals surface area contributed by atoms with Gasteiger partial charge in [-0.15, -0.1) is 25.6 Å². The van der Waals surface area contributed by atoms with Gasteiger partial charge in [0.25, 0.3) is 0 Å². The maximum absolute atomic E-state index is 12.7. The van der Waals surface area contributed by atoms with Gasteiger partial charge in [-0.05, 0) is 35.2 Å². The molecule has 0 radical (unpaired) electrons. The van der Waals surface area contributed by atoms with Crippen LogP contribution in [0, 0.1) is 0 Å². The second-order valence-electron chi connectivity index (χ2n) is 5.66. The molecule has 1 N–H and O–H groups in total. The summed E-state index contributed by atoms with van der Waals surface area (Å²) in [7, 11) is 0. The molecule has 0 atom stereocenters. The molecule has 3 rings (SSSR count). The van der Waals surface area contributed by atoms with Crippen LogP contribution in [0.1, 0.15) is 12.5 Å². The van der Waals surface area contributed by atoms with E-state index < -0.39 is 6.36 Å². The standard InChI is InChI=1S/C18H18F3NO2.ClH/c1-2-12-4-3-5-13(8-12)14-6-7-16(23-15-10-22-11-15)17(9-14)24-18(19,20)21;/h3-9,15,22H,2,10-11H2,1H3;1H. The van der Waals surface area contributed by atoms with Crippen LogP contribution in [-0.2, 0) is 6.42 Å². The molecule has 2 aromatic carbocycles. The van der Waals surface area contributed by atoms with Gasteiger partial charge in [0, 0.05) is 13.1 Å². The Hall–Kier alpha value is -1.92. The van der Waals surface area contributed by atoms with Crippen LogP contribution in [0.25, 0.3) is 11.1 Å². The van der Waals surface area contributed by atoms with Crippen LogP contribution < -0.4 is 14.8 Å². The Morgan fingerprint density at radius 1 is 1.04 bits per heavy atom. The first-order valence-electron chi connectivity index (χ1n) is 7.81. The zero-order chi connectivity index (χ0) is 17.2. The number of aryl methyl sites for hydroxylation is 1. The number of rotatable bonds is 5. The molecule has 1 aliphatic heterocycles. The lowest BCUT2D eigenvalue weighted by atomic mass is 10.0. The van der Waals surface area contributed by atoms with Crippen molar-refractivity contribution >= 4 is 12.4 Å². The number of benzene rings is 2. The number of halogens is 4. The minimum Gasteiger partial charge on any atom is -0.484 e. The smallest absolute Gasteiger partial charge is 0.484 e. The zero-order valence-corrected chi connectivity index (χ0v) is 14.4. The van der Waals surface area contributed by atoms with Crippen molar-refractivity contribution in [2.75, 3.05) is 13.1 Å². The molecule has 0 saturated carbocycles. The van der Waals surface area contributed by atoms with E-state index >= 15 is 0 Å². The molecule has 0 aliphatic carbocycles. The molecule has 25 heavy (non-hydrogen) atoms. The fourth-order valence-electron chi connectivity index (χ4n) is 2.49. The first kappa shape index (κ1) is 19.4. The van der Waals surface area contributed by atoms with E-state index in [1.54, 1.807) is 6.07 Å². The summed E-state index contributed by atoms with van der Waals surface area (Å²) < 4.78 is 47.9. The van der Waals surface area contributed by atoms with Crippen molar-refractivity contribution in [1.29, 1.82) is 0 Å². The first-order chi connectivity index (χ1) is 11.4. The summed E-state index contributed by atoms with van der Waals surface area (Å²) in [5.74, 6) is -0.206. The summed E-state index contributed by atoms with van der Waals surface area (Å²) in [6.45, 7) is 3.26. The lowest BCUT2D eigenvalue weighted by molar-refractivity contribution is -0.275. The summed E-state index contributed by atoms with van der Waals surface area (Å²) in [4.78, 5) is 0. The molecule has 0 aromatic heterocycles. The average Bonchev–Trinajstić information content (AvgIpc) is 2.50. The third kappa shape index (κ3) is 5.03. The zero-order valence-electron chi connectivity index (χ0n) is 13.6. The Kier molecular flexibility index (Phi) is 6.19. The van der Waals surface area contributed by atoms with Crippen LogP contribution in [0.3, 0.4) is 0 Å². The van der Waals surface area contributed by atoms with E-state index in [1.807, 2.05) is 31.2 Å². The summed E-state index contributed by atoms with van der Waals surface area (Å²) in [5.41, 5.74) is 2.62. The minimum atomic E-state index is -4.76. The Morgan fingerprint density at radius 2 is 1.76 bits per heavy atom. The van der Waals surface area contributed by atoms with Crippen molar-refractivity contribution < 1.29 is 22.6 Å². The summed E-state index contributed by atoms with van der Waals surface area (Å²) in [5, 5.41) is 3.01. The Bertz CT molecular complexity index is 718. The monoisotopic (exact) mass is 373 g/mol. The van der Waals surface area contributed by atoms with Crippen molar-refractivity contribution in [2.45, 2.75) is 25.8 Å². The van der Waals surface area contributed by atoms with E-state index in [-0.39, 0.29) is 30.0 Å². The predicted molar refractivity (Wildman–Crippen MR) is 92.5 cm³/mol. The quantitative estimate of drug-likeness (QED) is 0.831. The number of alkyl halides is 3. The van der Waals surface area contributed by atoms with Crippen LogP contribution >= 0.6 is 12.4 Å². The minimum absolute atomic E-state index is 0. The first-order valence-corrected chi connectivity index (χ1v) is 7.81. The summed E-state index contributed by atoms with van der Waals surface area (Å²) in [6, 6.07) is 12.4. The van der Waals surface area contributed by atoms with Crippen LogP contribution in [0.5, 0.6) is 11.5 Å². The highest BCUT2D eigenvalue weighted by Gasteiger charge is 2.33. The van der Waals surface area contributed by atoms with Crippen molar-refractivity contribution in [3.8, 4) is 22.6 Å². The number of ether oxygens (including phenoxy) is 2. The van der Waals surface area contributed by atoms with Gasteiger partial charge in [0.2, 0.25) is 0 Å². The van der Waals surface area contributed by atoms with E-state index in [9.17, 15) is 13.2 Å². The molecular formula is C18H19ClF3NO2. The van der Waals surface area contributed by atoms with Crippen molar-refractivity contribution in [2.24, 2.45) is 0 Å². The SMILES string of the molecule is CCc1cccc(-c2ccc(OC3CNC3)c(OC(F)(F)F)c2)c1.Cl. The Labute approximate surface area is 150 Å². The van der Waals surface area contributed by atoms with E-state index in [2.05, 4.69) is 10.1 Å². The van der Waals surface area contributed by atoms with Gasteiger partial charge in [0.05, 0.1) is 0 Å². The molecule has 1 heterocycles. The molecule has 0 amide bonds. The van der Waals surface area contributed by atoms with E-state index in [0.717, 1.165) is 17.5 Å². The lowest BCUT2D eigenvalue weighted by Crippen LogP contribution is -2.50.